The molecule has 3 heteroatoms. The summed E-state index contributed by atoms with van der Waals surface area (Å²) in [4.78, 5) is 12.7. The van der Waals surface area contributed by atoms with Gasteiger partial charge in [0.15, 0.2) is 6.10 Å². The number of ether oxygens (including phenoxy) is 1. The molecular weight excluding hydrogens is 322 g/mol. The van der Waals surface area contributed by atoms with Crippen molar-refractivity contribution in [2.45, 2.75) is 65.5 Å². The third-order valence-electron chi connectivity index (χ3n) is 5.29. The van der Waals surface area contributed by atoms with E-state index in [1.165, 1.54) is 35.1 Å². The van der Waals surface area contributed by atoms with Gasteiger partial charge in [0, 0.05) is 0 Å². The monoisotopic (exact) mass is 351 g/mol. The normalized spacial score (nSPS) is 15.7. The van der Waals surface area contributed by atoms with Crippen LogP contribution in [0.2, 0.25) is 0 Å². The number of carbonyl (C=O) groups excluding carboxylic acids is 1. The van der Waals surface area contributed by atoms with Gasteiger partial charge >= 0.3 is 0 Å². The molecule has 0 unspecified atom stereocenters. The summed E-state index contributed by atoms with van der Waals surface area (Å²) in [5, 5.41) is 3.10. The van der Waals surface area contributed by atoms with Crippen LogP contribution in [0.15, 0.2) is 36.4 Å². The van der Waals surface area contributed by atoms with E-state index in [1.807, 2.05) is 26.0 Å². The molecule has 1 aliphatic carbocycles. The Morgan fingerprint density at radius 1 is 1.08 bits per heavy atom. The van der Waals surface area contributed by atoms with E-state index in [1.54, 1.807) is 0 Å². The van der Waals surface area contributed by atoms with Crippen molar-refractivity contribution in [3.05, 3.63) is 64.2 Å². The molecule has 2 atom stereocenters. The van der Waals surface area contributed by atoms with Crippen molar-refractivity contribution in [1.29, 1.82) is 0 Å². The van der Waals surface area contributed by atoms with E-state index in [0.717, 1.165) is 24.2 Å². The third kappa shape index (κ3) is 4.09. The van der Waals surface area contributed by atoms with Crippen molar-refractivity contribution in [3.63, 3.8) is 0 Å². The van der Waals surface area contributed by atoms with E-state index in [4.69, 9.17) is 4.74 Å². The molecule has 2 aromatic carbocycles. The Bertz CT molecular complexity index is 797. The second kappa shape index (κ2) is 7.94. The van der Waals surface area contributed by atoms with Gasteiger partial charge in [-0.1, -0.05) is 35.9 Å². The molecule has 0 aliphatic heterocycles. The first kappa shape index (κ1) is 18.5. The first-order chi connectivity index (χ1) is 12.5. The molecule has 0 radical (unpaired) electrons. The van der Waals surface area contributed by atoms with Gasteiger partial charge in [0.1, 0.15) is 5.75 Å². The topological polar surface area (TPSA) is 38.3 Å². The summed E-state index contributed by atoms with van der Waals surface area (Å²) in [6.07, 6.45) is 4.06. The number of fused-ring (bicyclic) bond motifs is 1. The first-order valence-electron chi connectivity index (χ1n) is 9.60. The highest BCUT2D eigenvalue weighted by Gasteiger charge is 2.21. The van der Waals surface area contributed by atoms with Gasteiger partial charge in [-0.05, 0) is 81.7 Å². The number of benzene rings is 2. The molecule has 1 N–H and O–H groups in total. The fraction of sp³-hybridized carbons (Fsp3) is 0.435. The van der Waals surface area contributed by atoms with Gasteiger partial charge in [0.05, 0.1) is 6.04 Å². The zero-order chi connectivity index (χ0) is 18.7. The minimum Gasteiger partial charge on any atom is -0.481 e. The molecule has 0 aromatic heterocycles. The number of hydrogen-bond donors (Lipinski definition) is 1. The Balaban J connectivity index is 1.68. The second-order valence-corrected chi connectivity index (χ2v) is 7.45. The van der Waals surface area contributed by atoms with Gasteiger partial charge in [-0.2, -0.15) is 0 Å². The molecule has 1 aliphatic rings. The van der Waals surface area contributed by atoms with Gasteiger partial charge in [-0.15, -0.1) is 0 Å². The Hall–Kier alpha value is -2.29. The summed E-state index contributed by atoms with van der Waals surface area (Å²) >= 11 is 0. The van der Waals surface area contributed by atoms with Crippen LogP contribution in [0.4, 0.5) is 0 Å². The minimum atomic E-state index is -0.518. The van der Waals surface area contributed by atoms with Crippen molar-refractivity contribution in [2.75, 3.05) is 0 Å². The van der Waals surface area contributed by atoms with E-state index >= 15 is 0 Å². The number of rotatable bonds is 5. The van der Waals surface area contributed by atoms with E-state index in [-0.39, 0.29) is 11.9 Å². The van der Waals surface area contributed by atoms with E-state index in [0.29, 0.717) is 0 Å². The average molecular weight is 351 g/mol. The maximum Gasteiger partial charge on any atom is 0.261 e. The number of nitrogens with one attached hydrogen (secondary N) is 1. The van der Waals surface area contributed by atoms with Gasteiger partial charge < -0.3 is 10.1 Å². The average Bonchev–Trinajstić information content (AvgIpc) is 2.63. The van der Waals surface area contributed by atoms with Gasteiger partial charge in [-0.25, -0.2) is 0 Å². The Morgan fingerprint density at radius 2 is 1.85 bits per heavy atom. The lowest BCUT2D eigenvalue weighted by molar-refractivity contribution is -0.127. The smallest absolute Gasteiger partial charge is 0.261 e. The number of amides is 1. The fourth-order valence-electron chi connectivity index (χ4n) is 3.74. The summed E-state index contributed by atoms with van der Waals surface area (Å²) in [7, 11) is 0. The number of aryl methyl sites for hydroxylation is 3. The van der Waals surface area contributed by atoms with Crippen LogP contribution in [-0.2, 0) is 17.6 Å². The van der Waals surface area contributed by atoms with Gasteiger partial charge in [-0.3, -0.25) is 4.79 Å². The van der Waals surface area contributed by atoms with E-state index < -0.39 is 6.10 Å². The summed E-state index contributed by atoms with van der Waals surface area (Å²) in [6, 6.07) is 12.5. The summed E-state index contributed by atoms with van der Waals surface area (Å²) in [6.45, 7) is 8.00. The highest BCUT2D eigenvalue weighted by molar-refractivity contribution is 5.81. The van der Waals surface area contributed by atoms with Crippen LogP contribution in [0.1, 0.15) is 60.5 Å². The van der Waals surface area contributed by atoms with Crippen LogP contribution in [0.5, 0.6) is 5.75 Å². The third-order valence-corrected chi connectivity index (χ3v) is 5.29. The van der Waals surface area contributed by atoms with Crippen LogP contribution in [0.3, 0.4) is 0 Å². The largest absolute Gasteiger partial charge is 0.481 e. The van der Waals surface area contributed by atoms with Crippen LogP contribution >= 0.6 is 0 Å². The lowest BCUT2D eigenvalue weighted by atomic mass is 9.91. The van der Waals surface area contributed by atoms with Crippen LogP contribution < -0.4 is 10.1 Å². The van der Waals surface area contributed by atoms with Crippen molar-refractivity contribution in [1.82, 2.24) is 5.32 Å². The summed E-state index contributed by atoms with van der Waals surface area (Å²) in [5.74, 6) is 0.788. The van der Waals surface area contributed by atoms with Crippen LogP contribution in [-0.4, -0.2) is 12.0 Å². The molecule has 0 heterocycles. The summed E-state index contributed by atoms with van der Waals surface area (Å²) in [5.41, 5.74) is 6.19. The molecule has 1 amide bonds. The lowest BCUT2D eigenvalue weighted by Gasteiger charge is -2.23. The fourth-order valence-corrected chi connectivity index (χ4v) is 3.74. The van der Waals surface area contributed by atoms with E-state index in [9.17, 15) is 4.79 Å². The lowest BCUT2D eigenvalue weighted by Crippen LogP contribution is -2.38. The zero-order valence-corrected chi connectivity index (χ0v) is 16.3. The predicted octanol–water partition coefficient (Wildman–Crippen LogP) is 4.83. The Kier molecular flexibility index (Phi) is 5.65. The first-order valence-corrected chi connectivity index (χ1v) is 9.60. The standard InChI is InChI=1S/C23H29NO2/c1-15-12-13-16(2)21(14-15)17(3)24-23(25)18(4)26-22-11-7-9-19-8-5-6-10-20(19)22/h7,9,11-14,17-18H,5-6,8,10H2,1-4H3,(H,24,25)/t17-,18-/m0/s1. The van der Waals surface area contributed by atoms with Gasteiger partial charge in [0.25, 0.3) is 5.91 Å². The molecule has 2 aromatic rings. The Morgan fingerprint density at radius 3 is 2.65 bits per heavy atom. The highest BCUT2D eigenvalue weighted by atomic mass is 16.5. The van der Waals surface area contributed by atoms with Crippen LogP contribution in [0, 0.1) is 13.8 Å². The molecule has 0 bridgehead atoms. The number of hydrogen-bond acceptors (Lipinski definition) is 2. The SMILES string of the molecule is Cc1ccc(C)c([C@H](C)NC(=O)[C@H](C)Oc2cccc3c2CCCC3)c1. The second-order valence-electron chi connectivity index (χ2n) is 7.45. The number of carbonyl (C=O) groups is 1. The molecule has 3 rings (SSSR count). The molecule has 26 heavy (non-hydrogen) atoms. The molecule has 0 saturated carbocycles. The molecule has 0 fully saturated rings. The molecule has 3 nitrogen and oxygen atoms in total. The van der Waals surface area contributed by atoms with Crippen LogP contribution in [0.25, 0.3) is 0 Å². The predicted molar refractivity (Wildman–Crippen MR) is 106 cm³/mol. The Labute approximate surface area is 156 Å². The van der Waals surface area contributed by atoms with Crippen molar-refractivity contribution in [3.8, 4) is 5.75 Å². The van der Waals surface area contributed by atoms with Gasteiger partial charge in [0.2, 0.25) is 0 Å². The molecule has 0 saturated heterocycles. The quantitative estimate of drug-likeness (QED) is 0.838. The molecule has 138 valence electrons. The van der Waals surface area contributed by atoms with Crippen molar-refractivity contribution in [2.24, 2.45) is 0 Å². The minimum absolute atomic E-state index is 0.0434. The molecule has 0 spiro atoms. The zero-order valence-electron chi connectivity index (χ0n) is 16.3. The maximum absolute atomic E-state index is 12.7. The molecular formula is C23H29NO2. The van der Waals surface area contributed by atoms with Crippen molar-refractivity contribution < 1.29 is 9.53 Å². The highest BCUT2D eigenvalue weighted by Crippen LogP contribution is 2.30. The maximum atomic E-state index is 12.7. The van der Waals surface area contributed by atoms with E-state index in [2.05, 4.69) is 43.4 Å². The van der Waals surface area contributed by atoms with Crippen molar-refractivity contribution >= 4 is 5.91 Å². The summed E-state index contributed by atoms with van der Waals surface area (Å²) < 4.78 is 6.05.